The fourth-order valence-corrected chi connectivity index (χ4v) is 2.57. The zero-order valence-electron chi connectivity index (χ0n) is 10.4. The summed E-state index contributed by atoms with van der Waals surface area (Å²) in [4.78, 5) is 25.0. The average Bonchev–Trinajstić information content (AvgIpc) is 3.01. The largest absolute Gasteiger partial charge is 0.481 e. The van der Waals surface area contributed by atoms with Gasteiger partial charge < -0.3 is 10.0 Å². The highest BCUT2D eigenvalue weighted by molar-refractivity contribution is 5.82. The molecule has 4 heteroatoms. The van der Waals surface area contributed by atoms with E-state index in [0.29, 0.717) is 12.6 Å². The molecule has 0 saturated heterocycles. The normalized spacial score (nSPS) is 22.4. The van der Waals surface area contributed by atoms with Crippen LogP contribution in [0.5, 0.6) is 0 Å². The summed E-state index contributed by atoms with van der Waals surface area (Å²) in [5.41, 5.74) is 0. The number of carbonyl (C=O) groups is 2. The predicted octanol–water partition coefficient (Wildman–Crippen LogP) is 1.89. The van der Waals surface area contributed by atoms with E-state index in [1.165, 1.54) is 12.8 Å². The van der Waals surface area contributed by atoms with Crippen LogP contribution in [0.15, 0.2) is 0 Å². The number of carboxylic acids is 1. The summed E-state index contributed by atoms with van der Waals surface area (Å²) in [5, 5.41) is 8.97. The molecule has 2 aliphatic carbocycles. The second-order valence-electron chi connectivity index (χ2n) is 5.44. The van der Waals surface area contributed by atoms with E-state index in [1.807, 2.05) is 4.90 Å². The molecule has 1 N–H and O–H groups in total. The summed E-state index contributed by atoms with van der Waals surface area (Å²) in [6, 6.07) is 0.296. The molecular formula is C13H21NO3. The minimum absolute atomic E-state index is 0.191. The van der Waals surface area contributed by atoms with Crippen molar-refractivity contribution in [3.63, 3.8) is 0 Å². The van der Waals surface area contributed by atoms with Gasteiger partial charge in [-0.15, -0.1) is 0 Å². The van der Waals surface area contributed by atoms with Crippen LogP contribution in [-0.2, 0) is 9.59 Å². The van der Waals surface area contributed by atoms with Gasteiger partial charge in [-0.3, -0.25) is 9.59 Å². The van der Waals surface area contributed by atoms with Crippen molar-refractivity contribution in [3.05, 3.63) is 0 Å². The summed E-state index contributed by atoms with van der Waals surface area (Å²) < 4.78 is 0. The van der Waals surface area contributed by atoms with E-state index in [0.717, 1.165) is 25.7 Å². The number of aliphatic carboxylic acids is 1. The molecule has 0 aromatic heterocycles. The number of amides is 1. The zero-order chi connectivity index (χ0) is 12.4. The molecule has 0 aliphatic heterocycles. The van der Waals surface area contributed by atoms with Gasteiger partial charge in [0.1, 0.15) is 0 Å². The molecule has 17 heavy (non-hydrogen) atoms. The van der Waals surface area contributed by atoms with Gasteiger partial charge >= 0.3 is 5.97 Å². The van der Waals surface area contributed by atoms with Crippen LogP contribution in [0.1, 0.15) is 45.4 Å². The topological polar surface area (TPSA) is 57.6 Å². The van der Waals surface area contributed by atoms with Crippen molar-refractivity contribution < 1.29 is 14.7 Å². The monoisotopic (exact) mass is 239 g/mol. The number of rotatable bonds is 5. The molecule has 96 valence electrons. The van der Waals surface area contributed by atoms with Crippen molar-refractivity contribution in [3.8, 4) is 0 Å². The van der Waals surface area contributed by atoms with E-state index in [1.54, 1.807) is 6.92 Å². The molecule has 0 aromatic carbocycles. The molecule has 0 heterocycles. The molecule has 0 bridgehead atoms. The Labute approximate surface area is 102 Å². The lowest BCUT2D eigenvalue weighted by molar-refractivity contribution is -0.144. The van der Waals surface area contributed by atoms with Crippen LogP contribution in [0.2, 0.25) is 0 Å². The first-order valence-corrected chi connectivity index (χ1v) is 6.63. The maximum atomic E-state index is 12.2. The lowest BCUT2D eigenvalue weighted by atomic mass is 10.1. The highest BCUT2D eigenvalue weighted by Gasteiger charge is 2.38. The first-order chi connectivity index (χ1) is 8.09. The van der Waals surface area contributed by atoms with Gasteiger partial charge in [-0.2, -0.15) is 0 Å². The summed E-state index contributed by atoms with van der Waals surface area (Å²) >= 11 is 0. The highest BCUT2D eigenvalue weighted by Crippen LogP contribution is 2.34. The van der Waals surface area contributed by atoms with Crippen molar-refractivity contribution in [1.82, 2.24) is 4.90 Å². The molecule has 1 unspecified atom stereocenters. The van der Waals surface area contributed by atoms with Gasteiger partial charge in [0.15, 0.2) is 0 Å². The molecule has 2 fully saturated rings. The van der Waals surface area contributed by atoms with Crippen molar-refractivity contribution in [1.29, 1.82) is 0 Å². The first-order valence-electron chi connectivity index (χ1n) is 6.63. The van der Waals surface area contributed by atoms with Crippen molar-refractivity contribution in [2.45, 2.75) is 51.5 Å². The minimum Gasteiger partial charge on any atom is -0.481 e. The van der Waals surface area contributed by atoms with E-state index < -0.39 is 11.9 Å². The van der Waals surface area contributed by atoms with Gasteiger partial charge in [-0.05, 0) is 25.7 Å². The molecule has 2 saturated carbocycles. The molecule has 1 amide bonds. The number of carbonyl (C=O) groups excluding carboxylic acids is 1. The van der Waals surface area contributed by atoms with E-state index in [9.17, 15) is 9.59 Å². The smallest absolute Gasteiger partial charge is 0.308 e. The van der Waals surface area contributed by atoms with Gasteiger partial charge in [-0.25, -0.2) is 0 Å². The van der Waals surface area contributed by atoms with Crippen LogP contribution in [-0.4, -0.2) is 34.5 Å². The minimum atomic E-state index is -0.809. The van der Waals surface area contributed by atoms with Gasteiger partial charge in [0.05, 0.1) is 5.92 Å². The molecule has 0 aromatic rings. The van der Waals surface area contributed by atoms with E-state index in [-0.39, 0.29) is 11.8 Å². The molecule has 2 rings (SSSR count). The number of nitrogens with zero attached hydrogens (tertiary/aromatic N) is 1. The molecule has 2 aliphatic rings. The fraction of sp³-hybridized carbons (Fsp3) is 0.846. The number of hydrogen-bond acceptors (Lipinski definition) is 2. The Hall–Kier alpha value is -1.06. The second kappa shape index (κ2) is 5.07. The fourth-order valence-electron chi connectivity index (χ4n) is 2.57. The maximum absolute atomic E-state index is 12.2. The third-order valence-electron chi connectivity index (χ3n) is 3.87. The second-order valence-corrected chi connectivity index (χ2v) is 5.44. The Morgan fingerprint density at radius 3 is 2.29 bits per heavy atom. The molecule has 4 nitrogen and oxygen atoms in total. The van der Waals surface area contributed by atoms with E-state index >= 15 is 0 Å². The third-order valence-corrected chi connectivity index (χ3v) is 3.87. The Bertz CT molecular complexity index is 306. The van der Waals surface area contributed by atoms with Gasteiger partial charge in [0, 0.05) is 18.5 Å². The van der Waals surface area contributed by atoms with Crippen LogP contribution < -0.4 is 0 Å². The summed E-state index contributed by atoms with van der Waals surface area (Å²) in [6.07, 6.45) is 6.41. The molecule has 0 spiro atoms. The van der Waals surface area contributed by atoms with Gasteiger partial charge in [0.2, 0.25) is 5.91 Å². The van der Waals surface area contributed by atoms with Crippen LogP contribution in [0.3, 0.4) is 0 Å². The van der Waals surface area contributed by atoms with Crippen LogP contribution in [0.25, 0.3) is 0 Å². The Morgan fingerprint density at radius 2 is 1.82 bits per heavy atom. The predicted molar refractivity (Wildman–Crippen MR) is 63.5 cm³/mol. The molecule has 1 atom stereocenters. The first kappa shape index (κ1) is 12.4. The Balaban J connectivity index is 2.00. The summed E-state index contributed by atoms with van der Waals surface area (Å²) in [7, 11) is 0. The Morgan fingerprint density at radius 1 is 1.24 bits per heavy atom. The number of carboxylic acid groups (broad SMARTS) is 1. The molecule has 0 radical (unpaired) electrons. The summed E-state index contributed by atoms with van der Waals surface area (Å²) in [5.74, 6) is -0.878. The quantitative estimate of drug-likeness (QED) is 0.797. The number of hydrogen-bond donors (Lipinski definition) is 1. The van der Waals surface area contributed by atoms with Crippen LogP contribution in [0.4, 0.5) is 0 Å². The third kappa shape index (κ3) is 2.99. The lowest BCUT2D eigenvalue weighted by Gasteiger charge is -2.30. The van der Waals surface area contributed by atoms with Gasteiger partial charge in [0.25, 0.3) is 0 Å². The Kier molecular flexibility index (Phi) is 3.69. The maximum Gasteiger partial charge on any atom is 0.308 e. The standard InChI is InChI=1S/C13H21NO3/c1-9(13(16)17)8-14(11-4-2-3-5-11)12(15)10-6-7-10/h9-11H,2-8H2,1H3,(H,16,17). The van der Waals surface area contributed by atoms with Crippen LogP contribution >= 0.6 is 0 Å². The average molecular weight is 239 g/mol. The lowest BCUT2D eigenvalue weighted by Crippen LogP contribution is -2.43. The highest BCUT2D eigenvalue weighted by atomic mass is 16.4. The van der Waals surface area contributed by atoms with Crippen LogP contribution in [0, 0.1) is 11.8 Å². The van der Waals surface area contributed by atoms with E-state index in [4.69, 9.17) is 5.11 Å². The molecular weight excluding hydrogens is 218 g/mol. The van der Waals surface area contributed by atoms with Crippen molar-refractivity contribution >= 4 is 11.9 Å². The van der Waals surface area contributed by atoms with Crippen molar-refractivity contribution in [2.75, 3.05) is 6.54 Å². The van der Waals surface area contributed by atoms with Gasteiger partial charge in [-0.1, -0.05) is 19.8 Å². The SMILES string of the molecule is CC(CN(C(=O)C1CC1)C1CCCC1)C(=O)O. The summed E-state index contributed by atoms with van der Waals surface area (Å²) in [6.45, 7) is 2.07. The van der Waals surface area contributed by atoms with E-state index in [2.05, 4.69) is 0 Å². The van der Waals surface area contributed by atoms with Crippen molar-refractivity contribution in [2.24, 2.45) is 11.8 Å². The zero-order valence-corrected chi connectivity index (χ0v) is 10.4.